The zero-order valence-electron chi connectivity index (χ0n) is 10.9. The molecule has 1 aromatic heterocycles. The summed E-state index contributed by atoms with van der Waals surface area (Å²) in [6.07, 6.45) is 0.393. The highest BCUT2D eigenvalue weighted by Crippen LogP contribution is 2.18. The van der Waals surface area contributed by atoms with E-state index in [1.54, 1.807) is 0 Å². The molecule has 1 heterocycles. The Morgan fingerprint density at radius 1 is 1.47 bits per heavy atom. The van der Waals surface area contributed by atoms with Crippen molar-refractivity contribution in [1.29, 1.82) is 0 Å². The van der Waals surface area contributed by atoms with E-state index in [2.05, 4.69) is 10.3 Å². The van der Waals surface area contributed by atoms with Crippen molar-refractivity contribution in [3.05, 3.63) is 22.9 Å². The minimum absolute atomic E-state index is 0.0762. The minimum atomic E-state index is -3.43. The number of hydrogen-bond donors (Lipinski definition) is 3. The third kappa shape index (κ3) is 5.09. The summed E-state index contributed by atoms with van der Waals surface area (Å²) in [5.41, 5.74) is 8.14. The second kappa shape index (κ2) is 6.27. The van der Waals surface area contributed by atoms with E-state index in [4.69, 9.17) is 23.1 Å². The fourth-order valence-corrected chi connectivity index (χ4v) is 2.56. The Balaban J connectivity index is 2.80. The number of nitrogens with one attached hydrogen (secondary N) is 1. The quantitative estimate of drug-likeness (QED) is 0.519. The molecule has 106 valence electrons. The fraction of sp³-hybridized carbons (Fsp3) is 0.455. The third-order valence-electron chi connectivity index (χ3n) is 2.49. The molecule has 0 spiro atoms. The smallest absolute Gasteiger partial charge is 0.209 e. The molecule has 0 atom stereocenters. The maximum Gasteiger partial charge on any atom is 0.209 e. The van der Waals surface area contributed by atoms with Crippen molar-refractivity contribution < 1.29 is 8.42 Å². The molecule has 0 amide bonds. The molecular weight excluding hydrogens is 284 g/mol. The average molecular weight is 302 g/mol. The lowest BCUT2D eigenvalue weighted by Gasteiger charge is -2.13. The maximum atomic E-state index is 10.8. The summed E-state index contributed by atoms with van der Waals surface area (Å²) in [4.78, 5) is 4.59. The number of nitrogens with two attached hydrogens (primary N) is 2. The maximum absolute atomic E-state index is 10.8. The number of hydrogen-bond acceptors (Lipinski definition) is 5. The largest absolute Gasteiger partial charge is 0.389 e. The van der Waals surface area contributed by atoms with Gasteiger partial charge in [0.25, 0.3) is 0 Å². The highest BCUT2D eigenvalue weighted by molar-refractivity contribution is 7.89. The molecule has 0 aliphatic heterocycles. The van der Waals surface area contributed by atoms with Crippen molar-refractivity contribution in [2.24, 2.45) is 10.9 Å². The van der Waals surface area contributed by atoms with Crippen LogP contribution in [0.5, 0.6) is 0 Å². The predicted octanol–water partition coefficient (Wildman–Crippen LogP) is 0.423. The lowest BCUT2D eigenvalue weighted by molar-refractivity contribution is 0.595. The first-order chi connectivity index (χ1) is 8.70. The summed E-state index contributed by atoms with van der Waals surface area (Å²) in [6.45, 7) is 4.20. The molecule has 0 unspecified atom stereocenters. The third-order valence-corrected chi connectivity index (χ3v) is 3.55. The molecule has 0 saturated heterocycles. The van der Waals surface area contributed by atoms with E-state index >= 15 is 0 Å². The fourth-order valence-electron chi connectivity index (χ4n) is 1.76. The second-order valence-corrected chi connectivity index (χ2v) is 6.49. The molecule has 19 heavy (non-hydrogen) atoms. The van der Waals surface area contributed by atoms with Gasteiger partial charge in [0.1, 0.15) is 10.8 Å². The number of aryl methyl sites for hydroxylation is 2. The molecule has 0 aromatic carbocycles. The Morgan fingerprint density at radius 3 is 2.63 bits per heavy atom. The Bertz CT molecular complexity index is 585. The molecule has 0 fully saturated rings. The van der Waals surface area contributed by atoms with Crippen LogP contribution >= 0.6 is 12.2 Å². The van der Waals surface area contributed by atoms with E-state index in [0.717, 1.165) is 11.3 Å². The van der Waals surface area contributed by atoms with Crippen LogP contribution in [-0.4, -0.2) is 30.7 Å². The lowest BCUT2D eigenvalue weighted by atomic mass is 10.1. The highest BCUT2D eigenvalue weighted by Gasteiger charge is 2.11. The van der Waals surface area contributed by atoms with Crippen LogP contribution in [0.2, 0.25) is 0 Å². The normalized spacial score (nSPS) is 11.3. The monoisotopic (exact) mass is 302 g/mol. The summed E-state index contributed by atoms with van der Waals surface area (Å²) < 4.78 is 21.6. The molecule has 0 bridgehead atoms. The van der Waals surface area contributed by atoms with Crippen molar-refractivity contribution in [2.75, 3.05) is 17.6 Å². The Morgan fingerprint density at radius 2 is 2.11 bits per heavy atom. The molecule has 1 aromatic rings. The number of nitrogens with zero attached hydrogens (tertiary/aromatic N) is 1. The zero-order chi connectivity index (χ0) is 14.6. The van der Waals surface area contributed by atoms with E-state index in [9.17, 15) is 8.42 Å². The molecule has 0 radical (unpaired) electrons. The van der Waals surface area contributed by atoms with Gasteiger partial charge in [-0.15, -0.1) is 0 Å². The van der Waals surface area contributed by atoms with Crippen LogP contribution in [0.25, 0.3) is 0 Å². The topological polar surface area (TPSA) is 111 Å². The SMILES string of the molecule is Cc1cc(C)c(C(N)=S)c(NCCCS(N)(=O)=O)n1. The van der Waals surface area contributed by atoms with Gasteiger partial charge in [0.2, 0.25) is 10.0 Å². The predicted molar refractivity (Wildman–Crippen MR) is 80.7 cm³/mol. The van der Waals surface area contributed by atoms with Gasteiger partial charge in [0.15, 0.2) is 0 Å². The van der Waals surface area contributed by atoms with Gasteiger partial charge < -0.3 is 11.1 Å². The number of sulfonamides is 1. The standard InChI is InChI=1S/C11H18N4O2S2/c1-7-6-8(2)15-11(9(7)10(12)18)14-4-3-5-19(13,16)17/h6H,3-5H2,1-2H3,(H2,12,18)(H,14,15)(H2,13,16,17). The second-order valence-electron chi connectivity index (χ2n) is 4.32. The first-order valence-corrected chi connectivity index (χ1v) is 7.85. The summed E-state index contributed by atoms with van der Waals surface area (Å²) in [6, 6.07) is 1.89. The Labute approximate surface area is 118 Å². The van der Waals surface area contributed by atoms with Gasteiger partial charge in [0, 0.05) is 12.2 Å². The van der Waals surface area contributed by atoms with Crippen molar-refractivity contribution in [3.8, 4) is 0 Å². The molecule has 1 rings (SSSR count). The van der Waals surface area contributed by atoms with Crippen LogP contribution < -0.4 is 16.2 Å². The molecule has 0 aliphatic carbocycles. The summed E-state index contributed by atoms with van der Waals surface area (Å²) >= 11 is 5.00. The van der Waals surface area contributed by atoms with Crippen LogP contribution in [0.1, 0.15) is 23.2 Å². The molecular formula is C11H18N4O2S2. The van der Waals surface area contributed by atoms with Crippen LogP contribution in [0, 0.1) is 13.8 Å². The Kier molecular flexibility index (Phi) is 5.21. The van der Waals surface area contributed by atoms with E-state index in [1.807, 2.05) is 19.9 Å². The van der Waals surface area contributed by atoms with Gasteiger partial charge in [-0.05, 0) is 31.9 Å². The van der Waals surface area contributed by atoms with Crippen molar-refractivity contribution in [1.82, 2.24) is 4.98 Å². The van der Waals surface area contributed by atoms with Gasteiger partial charge in [-0.1, -0.05) is 12.2 Å². The summed E-state index contributed by atoms with van der Waals surface area (Å²) in [5.74, 6) is 0.507. The van der Waals surface area contributed by atoms with E-state index in [0.29, 0.717) is 24.3 Å². The van der Waals surface area contributed by atoms with Gasteiger partial charge in [-0.25, -0.2) is 18.5 Å². The minimum Gasteiger partial charge on any atom is -0.389 e. The van der Waals surface area contributed by atoms with E-state index < -0.39 is 10.0 Å². The number of primary sulfonamides is 1. The number of anilines is 1. The summed E-state index contributed by atoms with van der Waals surface area (Å²) in [7, 11) is -3.43. The van der Waals surface area contributed by atoms with Gasteiger partial charge in [-0.3, -0.25) is 0 Å². The van der Waals surface area contributed by atoms with Gasteiger partial charge >= 0.3 is 0 Å². The van der Waals surface area contributed by atoms with E-state index in [1.165, 1.54) is 0 Å². The molecule has 6 nitrogen and oxygen atoms in total. The zero-order valence-corrected chi connectivity index (χ0v) is 12.6. The van der Waals surface area contributed by atoms with E-state index in [-0.39, 0.29) is 10.7 Å². The first kappa shape index (κ1) is 15.8. The van der Waals surface area contributed by atoms with Crippen molar-refractivity contribution in [3.63, 3.8) is 0 Å². The number of pyridine rings is 1. The Hall–Kier alpha value is -1.25. The molecule has 0 saturated carbocycles. The number of thiocarbonyl (C=S) groups is 1. The van der Waals surface area contributed by atoms with Crippen molar-refractivity contribution in [2.45, 2.75) is 20.3 Å². The van der Waals surface area contributed by atoms with Gasteiger partial charge in [0.05, 0.1) is 11.3 Å². The first-order valence-electron chi connectivity index (χ1n) is 5.73. The molecule has 0 aliphatic rings. The molecule has 8 heteroatoms. The number of aromatic nitrogens is 1. The van der Waals surface area contributed by atoms with Crippen LogP contribution in [0.15, 0.2) is 6.07 Å². The van der Waals surface area contributed by atoms with Crippen molar-refractivity contribution >= 4 is 33.0 Å². The lowest BCUT2D eigenvalue weighted by Crippen LogP contribution is -2.20. The summed E-state index contributed by atoms with van der Waals surface area (Å²) in [5, 5.41) is 7.98. The van der Waals surface area contributed by atoms with Crippen LogP contribution in [0.3, 0.4) is 0 Å². The average Bonchev–Trinajstić information content (AvgIpc) is 2.21. The van der Waals surface area contributed by atoms with Crippen LogP contribution in [0.4, 0.5) is 5.82 Å². The van der Waals surface area contributed by atoms with Crippen LogP contribution in [-0.2, 0) is 10.0 Å². The van der Waals surface area contributed by atoms with Gasteiger partial charge in [-0.2, -0.15) is 0 Å². The highest BCUT2D eigenvalue weighted by atomic mass is 32.2. The number of rotatable bonds is 6. The molecule has 5 N–H and O–H groups in total.